The second-order valence-electron chi connectivity index (χ2n) is 5.93. The molecule has 2 aromatic rings. The lowest BCUT2D eigenvalue weighted by Crippen LogP contribution is -2.59. The van der Waals surface area contributed by atoms with Crippen LogP contribution in [0.25, 0.3) is 0 Å². The first-order chi connectivity index (χ1) is 12.2. The maximum absolute atomic E-state index is 12.4. The molecule has 4 rings (SSSR count). The summed E-state index contributed by atoms with van der Waals surface area (Å²) in [5.41, 5.74) is 0. The van der Waals surface area contributed by atoms with E-state index in [0.29, 0.717) is 36.3 Å². The Bertz CT molecular complexity index is 764. The fraction of sp³-hybridized carbons (Fsp3) is 0.353. The van der Waals surface area contributed by atoms with Gasteiger partial charge in [0.1, 0.15) is 5.75 Å². The lowest BCUT2D eigenvalue weighted by Gasteiger charge is -2.40. The van der Waals surface area contributed by atoms with Gasteiger partial charge in [-0.05, 0) is 25.1 Å². The van der Waals surface area contributed by atoms with Gasteiger partial charge in [-0.1, -0.05) is 0 Å². The van der Waals surface area contributed by atoms with Gasteiger partial charge in [0.15, 0.2) is 17.6 Å². The highest BCUT2D eigenvalue weighted by molar-refractivity contribution is 5.82. The molecule has 0 aliphatic carbocycles. The number of fused-ring (bicyclic) bond motifs is 1. The Kier molecular flexibility index (Phi) is 4.01. The van der Waals surface area contributed by atoms with Gasteiger partial charge in [0, 0.05) is 31.5 Å². The third kappa shape index (κ3) is 3.28. The van der Waals surface area contributed by atoms with Crippen LogP contribution in [0.3, 0.4) is 0 Å². The van der Waals surface area contributed by atoms with Gasteiger partial charge >= 0.3 is 0 Å². The number of carbonyl (C=O) groups is 1. The fourth-order valence-electron chi connectivity index (χ4n) is 2.77. The highest BCUT2D eigenvalue weighted by Crippen LogP contribution is 2.35. The summed E-state index contributed by atoms with van der Waals surface area (Å²) in [6.07, 6.45) is 2.78. The van der Waals surface area contributed by atoms with Crippen LogP contribution in [0.5, 0.6) is 17.2 Å². The molecule has 1 amide bonds. The number of rotatable bonds is 5. The van der Waals surface area contributed by atoms with Gasteiger partial charge in [0.25, 0.3) is 5.91 Å². The van der Waals surface area contributed by atoms with Crippen LogP contribution in [0.1, 0.15) is 6.92 Å². The van der Waals surface area contributed by atoms with Gasteiger partial charge in [-0.3, -0.25) is 4.79 Å². The Morgan fingerprint density at radius 2 is 2.04 bits per heavy atom. The van der Waals surface area contributed by atoms with Gasteiger partial charge in [0.05, 0.1) is 6.04 Å². The number of nitrogens with zero attached hydrogens (tertiary/aromatic N) is 3. The summed E-state index contributed by atoms with van der Waals surface area (Å²) >= 11 is 0. The second-order valence-corrected chi connectivity index (χ2v) is 5.93. The van der Waals surface area contributed by atoms with Crippen LogP contribution >= 0.6 is 0 Å². The molecule has 0 bridgehead atoms. The number of nitrogens with one attached hydrogen (secondary N) is 1. The number of carbonyl (C=O) groups excluding carboxylic acids is 1. The maximum Gasteiger partial charge on any atom is 0.263 e. The average molecular weight is 342 g/mol. The van der Waals surface area contributed by atoms with Crippen molar-refractivity contribution in [3.8, 4) is 17.2 Å². The molecule has 1 N–H and O–H groups in total. The molecule has 1 atom stereocenters. The fourth-order valence-corrected chi connectivity index (χ4v) is 2.77. The van der Waals surface area contributed by atoms with E-state index in [9.17, 15) is 4.79 Å². The molecule has 0 saturated carbocycles. The van der Waals surface area contributed by atoms with Crippen LogP contribution in [0, 0.1) is 0 Å². The number of aromatic nitrogens is 2. The lowest BCUT2D eigenvalue weighted by molar-refractivity contribution is -0.142. The summed E-state index contributed by atoms with van der Waals surface area (Å²) in [5, 5.41) is 3.19. The zero-order chi connectivity index (χ0) is 17.2. The van der Waals surface area contributed by atoms with Crippen molar-refractivity contribution in [2.45, 2.75) is 19.1 Å². The molecule has 0 spiro atoms. The Hall–Kier alpha value is -3.03. The van der Waals surface area contributed by atoms with Crippen molar-refractivity contribution in [3.63, 3.8) is 0 Å². The molecule has 0 unspecified atom stereocenters. The molecule has 0 radical (unpaired) electrons. The number of hydrogen-bond donors (Lipinski definition) is 1. The van der Waals surface area contributed by atoms with Crippen molar-refractivity contribution in [2.75, 3.05) is 25.2 Å². The molecule has 2 aliphatic heterocycles. The summed E-state index contributed by atoms with van der Waals surface area (Å²) in [7, 11) is 0. The summed E-state index contributed by atoms with van der Waals surface area (Å²) in [5.74, 6) is 2.42. The molecule has 8 nitrogen and oxygen atoms in total. The Labute approximate surface area is 144 Å². The number of ether oxygens (including phenoxy) is 3. The SMILES string of the molecule is C[C@H](Oc1ccc2c(c1)OCO2)C(=O)N1CC(Nc2ncccn2)C1. The second kappa shape index (κ2) is 6.46. The number of benzene rings is 1. The van der Waals surface area contributed by atoms with Crippen molar-refractivity contribution in [1.82, 2.24) is 14.9 Å². The normalized spacial score (nSPS) is 16.9. The van der Waals surface area contributed by atoms with Crippen molar-refractivity contribution in [2.24, 2.45) is 0 Å². The minimum absolute atomic E-state index is 0.0512. The van der Waals surface area contributed by atoms with E-state index in [4.69, 9.17) is 14.2 Å². The Morgan fingerprint density at radius 1 is 1.28 bits per heavy atom. The topological polar surface area (TPSA) is 85.8 Å². The minimum atomic E-state index is -0.575. The molecule has 1 saturated heterocycles. The molecule has 8 heteroatoms. The molecule has 2 aliphatic rings. The van der Waals surface area contributed by atoms with E-state index in [1.54, 1.807) is 48.5 Å². The third-order valence-corrected chi connectivity index (χ3v) is 4.10. The molecular weight excluding hydrogens is 324 g/mol. The minimum Gasteiger partial charge on any atom is -0.481 e. The Balaban J connectivity index is 1.28. The standard InChI is InChI=1S/C17H18N4O4/c1-11(25-13-3-4-14-15(7-13)24-10-23-14)16(22)21-8-12(9-21)20-17-18-5-2-6-19-17/h2-7,11-12H,8-10H2,1H3,(H,18,19,20)/t11-/m0/s1. The van der Waals surface area contributed by atoms with Gasteiger partial charge < -0.3 is 24.4 Å². The van der Waals surface area contributed by atoms with E-state index in [2.05, 4.69) is 15.3 Å². The zero-order valence-electron chi connectivity index (χ0n) is 13.7. The summed E-state index contributed by atoms with van der Waals surface area (Å²) in [4.78, 5) is 22.4. The zero-order valence-corrected chi connectivity index (χ0v) is 13.7. The van der Waals surface area contributed by atoms with Gasteiger partial charge in [-0.25, -0.2) is 9.97 Å². The number of anilines is 1. The lowest BCUT2D eigenvalue weighted by atomic mass is 10.1. The van der Waals surface area contributed by atoms with Crippen molar-refractivity contribution < 1.29 is 19.0 Å². The Morgan fingerprint density at radius 3 is 2.84 bits per heavy atom. The molecule has 1 fully saturated rings. The molecule has 130 valence electrons. The maximum atomic E-state index is 12.4. The van der Waals surface area contributed by atoms with Gasteiger partial charge in [0.2, 0.25) is 12.7 Å². The van der Waals surface area contributed by atoms with E-state index in [-0.39, 0.29) is 18.7 Å². The van der Waals surface area contributed by atoms with E-state index >= 15 is 0 Å². The highest BCUT2D eigenvalue weighted by atomic mass is 16.7. The molecule has 25 heavy (non-hydrogen) atoms. The quantitative estimate of drug-likeness (QED) is 0.876. The number of hydrogen-bond acceptors (Lipinski definition) is 7. The third-order valence-electron chi connectivity index (χ3n) is 4.10. The first kappa shape index (κ1) is 15.5. The predicted molar refractivity (Wildman–Crippen MR) is 88.7 cm³/mol. The van der Waals surface area contributed by atoms with E-state index < -0.39 is 6.10 Å². The van der Waals surface area contributed by atoms with Crippen LogP contribution in [-0.4, -0.2) is 52.8 Å². The van der Waals surface area contributed by atoms with Crippen molar-refractivity contribution in [3.05, 3.63) is 36.7 Å². The van der Waals surface area contributed by atoms with Crippen LogP contribution < -0.4 is 19.5 Å². The summed E-state index contributed by atoms with van der Waals surface area (Å²) in [6, 6.07) is 7.20. The first-order valence-corrected chi connectivity index (χ1v) is 8.08. The first-order valence-electron chi connectivity index (χ1n) is 8.08. The number of amides is 1. The monoisotopic (exact) mass is 342 g/mol. The summed E-state index contributed by atoms with van der Waals surface area (Å²) in [6.45, 7) is 3.16. The summed E-state index contributed by atoms with van der Waals surface area (Å²) < 4.78 is 16.3. The number of likely N-dealkylation sites (tertiary alicyclic amines) is 1. The highest BCUT2D eigenvalue weighted by Gasteiger charge is 2.34. The van der Waals surface area contributed by atoms with Crippen molar-refractivity contribution in [1.29, 1.82) is 0 Å². The van der Waals surface area contributed by atoms with Gasteiger partial charge in [-0.2, -0.15) is 0 Å². The molecular formula is C17H18N4O4. The smallest absolute Gasteiger partial charge is 0.263 e. The average Bonchev–Trinajstić information content (AvgIpc) is 3.06. The van der Waals surface area contributed by atoms with Crippen LogP contribution in [0.15, 0.2) is 36.7 Å². The van der Waals surface area contributed by atoms with E-state index in [0.717, 1.165) is 0 Å². The van der Waals surface area contributed by atoms with Crippen LogP contribution in [-0.2, 0) is 4.79 Å². The van der Waals surface area contributed by atoms with E-state index in [1.165, 1.54) is 0 Å². The van der Waals surface area contributed by atoms with E-state index in [1.807, 2.05) is 0 Å². The molecule has 1 aromatic carbocycles. The molecule has 3 heterocycles. The van der Waals surface area contributed by atoms with Crippen LogP contribution in [0.4, 0.5) is 5.95 Å². The van der Waals surface area contributed by atoms with Crippen LogP contribution in [0.2, 0.25) is 0 Å². The predicted octanol–water partition coefficient (Wildman–Crippen LogP) is 1.30. The molecule has 1 aromatic heterocycles. The largest absolute Gasteiger partial charge is 0.481 e. The van der Waals surface area contributed by atoms with Gasteiger partial charge in [-0.15, -0.1) is 0 Å². The van der Waals surface area contributed by atoms with Crippen molar-refractivity contribution >= 4 is 11.9 Å².